The van der Waals surface area contributed by atoms with Gasteiger partial charge >= 0.3 is 0 Å². The molecule has 0 unspecified atom stereocenters. The van der Waals surface area contributed by atoms with Crippen LogP contribution in [0.15, 0.2) is 0 Å². The van der Waals surface area contributed by atoms with Gasteiger partial charge in [-0.2, -0.15) is 0 Å². The summed E-state index contributed by atoms with van der Waals surface area (Å²) in [7, 11) is -1.87. The van der Waals surface area contributed by atoms with Gasteiger partial charge < -0.3 is 14.8 Å². The Labute approximate surface area is 111 Å². The fraction of sp³-hybridized carbons (Fsp3) is 0.923. The van der Waals surface area contributed by atoms with E-state index in [1.54, 1.807) is 6.92 Å². The number of aliphatic hydroxyl groups excluding tert-OH is 1. The van der Waals surface area contributed by atoms with Crippen molar-refractivity contribution < 1.29 is 14.3 Å². The molecule has 1 rings (SSSR count). The van der Waals surface area contributed by atoms with Crippen molar-refractivity contribution in [2.45, 2.75) is 71.0 Å². The topological polar surface area (TPSA) is 58.6 Å². The molecule has 106 valence electrons. The summed E-state index contributed by atoms with van der Waals surface area (Å²) >= 11 is 0. The van der Waals surface area contributed by atoms with Gasteiger partial charge in [0.2, 0.25) is 5.91 Å². The van der Waals surface area contributed by atoms with E-state index in [1.165, 1.54) is 0 Å². The van der Waals surface area contributed by atoms with E-state index in [4.69, 9.17) is 4.43 Å². The lowest BCUT2D eigenvalue weighted by Gasteiger charge is -2.46. The lowest BCUT2D eigenvalue weighted by Crippen LogP contribution is -2.67. The fourth-order valence-electron chi connectivity index (χ4n) is 2.06. The van der Waals surface area contributed by atoms with Crippen LogP contribution in [0, 0.1) is 5.92 Å². The second-order valence-electron chi connectivity index (χ2n) is 6.88. The Morgan fingerprint density at radius 1 is 1.33 bits per heavy atom. The van der Waals surface area contributed by atoms with Crippen molar-refractivity contribution in [2.24, 2.45) is 5.92 Å². The summed E-state index contributed by atoms with van der Waals surface area (Å²) in [4.78, 5) is 11.6. The van der Waals surface area contributed by atoms with Crippen LogP contribution in [0.2, 0.25) is 18.1 Å². The average Bonchev–Trinajstić information content (AvgIpc) is 2.10. The van der Waals surface area contributed by atoms with Gasteiger partial charge in [-0.1, -0.05) is 20.8 Å². The third-order valence-electron chi connectivity index (χ3n) is 4.31. The molecule has 1 heterocycles. The molecule has 18 heavy (non-hydrogen) atoms. The van der Waals surface area contributed by atoms with Crippen molar-refractivity contribution >= 4 is 14.2 Å². The maximum Gasteiger partial charge on any atom is 0.228 e. The molecule has 0 bridgehead atoms. The van der Waals surface area contributed by atoms with Gasteiger partial charge in [0.25, 0.3) is 0 Å². The lowest BCUT2D eigenvalue weighted by atomic mass is 9.83. The first-order valence-electron chi connectivity index (χ1n) is 6.63. The van der Waals surface area contributed by atoms with Crippen molar-refractivity contribution in [1.29, 1.82) is 0 Å². The van der Waals surface area contributed by atoms with Gasteiger partial charge in [0.05, 0.1) is 24.2 Å². The van der Waals surface area contributed by atoms with Crippen molar-refractivity contribution in [3.8, 4) is 0 Å². The maximum atomic E-state index is 11.6. The normalized spacial score (nSPS) is 28.3. The third kappa shape index (κ3) is 2.95. The summed E-state index contributed by atoms with van der Waals surface area (Å²) in [5.41, 5.74) is 0. The third-order valence-corrected chi connectivity index (χ3v) is 8.88. The molecular formula is C13H27NO3Si. The zero-order valence-corrected chi connectivity index (χ0v) is 13.6. The quantitative estimate of drug-likeness (QED) is 0.607. The van der Waals surface area contributed by atoms with Gasteiger partial charge in [-0.25, -0.2) is 0 Å². The van der Waals surface area contributed by atoms with Gasteiger partial charge in [0.1, 0.15) is 0 Å². The molecule has 0 radical (unpaired) electrons. The molecule has 0 saturated carbocycles. The molecule has 1 aliphatic heterocycles. The molecular weight excluding hydrogens is 246 g/mol. The van der Waals surface area contributed by atoms with Gasteiger partial charge in [0.15, 0.2) is 8.32 Å². The van der Waals surface area contributed by atoms with Crippen molar-refractivity contribution in [1.82, 2.24) is 5.32 Å². The highest BCUT2D eigenvalue weighted by Gasteiger charge is 2.48. The molecule has 0 aromatic rings. The van der Waals surface area contributed by atoms with Crippen LogP contribution in [0.3, 0.4) is 0 Å². The molecule has 1 fully saturated rings. The SMILES string of the molecule is C[C@H](O)[C@H]1NC(=O)[C@@H]1[C@@H](C)O[Si](C)(C)C(C)(C)C. The number of carbonyl (C=O) groups excluding carboxylic acids is 1. The Morgan fingerprint density at radius 2 is 1.83 bits per heavy atom. The number of hydrogen-bond donors (Lipinski definition) is 2. The fourth-order valence-corrected chi connectivity index (χ4v) is 3.49. The molecule has 1 amide bonds. The first kappa shape index (κ1) is 15.7. The van der Waals surface area contributed by atoms with Crippen molar-refractivity contribution in [3.05, 3.63) is 0 Å². The molecule has 0 aromatic heterocycles. The molecule has 4 nitrogen and oxygen atoms in total. The maximum absolute atomic E-state index is 11.6. The van der Waals surface area contributed by atoms with Crippen LogP contribution in [0.4, 0.5) is 0 Å². The van der Waals surface area contributed by atoms with E-state index in [-0.39, 0.29) is 29.0 Å². The minimum Gasteiger partial charge on any atom is -0.413 e. The number of nitrogens with one attached hydrogen (secondary N) is 1. The summed E-state index contributed by atoms with van der Waals surface area (Å²) in [5, 5.41) is 12.5. The van der Waals surface area contributed by atoms with Crippen LogP contribution >= 0.6 is 0 Å². The van der Waals surface area contributed by atoms with E-state index in [0.717, 1.165) is 0 Å². The van der Waals surface area contributed by atoms with E-state index in [0.29, 0.717) is 0 Å². The summed E-state index contributed by atoms with van der Waals surface area (Å²) in [6, 6.07) is -0.169. The first-order valence-corrected chi connectivity index (χ1v) is 9.54. The van der Waals surface area contributed by atoms with E-state index in [9.17, 15) is 9.90 Å². The van der Waals surface area contributed by atoms with E-state index < -0.39 is 14.4 Å². The Kier molecular flexibility index (Phi) is 4.30. The molecule has 1 saturated heterocycles. The highest BCUT2D eigenvalue weighted by atomic mass is 28.4. The molecule has 0 aliphatic carbocycles. The van der Waals surface area contributed by atoms with Crippen LogP contribution in [0.5, 0.6) is 0 Å². The Balaban J connectivity index is 2.71. The molecule has 0 spiro atoms. The molecule has 1 aliphatic rings. The second-order valence-corrected chi connectivity index (χ2v) is 11.6. The van der Waals surface area contributed by atoms with Gasteiger partial charge in [0, 0.05) is 0 Å². The van der Waals surface area contributed by atoms with E-state index in [1.807, 2.05) is 6.92 Å². The predicted octanol–water partition coefficient (Wildman–Crippen LogP) is 1.89. The van der Waals surface area contributed by atoms with E-state index in [2.05, 4.69) is 39.2 Å². The Morgan fingerprint density at radius 3 is 2.17 bits per heavy atom. The van der Waals surface area contributed by atoms with Crippen molar-refractivity contribution in [3.63, 3.8) is 0 Å². The highest BCUT2D eigenvalue weighted by Crippen LogP contribution is 2.39. The summed E-state index contributed by atoms with van der Waals surface area (Å²) < 4.78 is 6.22. The van der Waals surface area contributed by atoms with Crippen LogP contribution in [-0.2, 0) is 9.22 Å². The Hall–Kier alpha value is -0.393. The minimum absolute atomic E-state index is 0.00731. The van der Waals surface area contributed by atoms with Crippen molar-refractivity contribution in [2.75, 3.05) is 0 Å². The summed E-state index contributed by atoms with van der Waals surface area (Å²) in [5.74, 6) is -0.230. The zero-order chi connectivity index (χ0) is 14.3. The van der Waals surface area contributed by atoms with Gasteiger partial charge in [-0.05, 0) is 32.0 Å². The minimum atomic E-state index is -1.87. The summed E-state index contributed by atoms with van der Waals surface area (Å²) in [6.07, 6.45) is -0.669. The number of carbonyl (C=O) groups is 1. The largest absolute Gasteiger partial charge is 0.413 e. The monoisotopic (exact) mass is 273 g/mol. The van der Waals surface area contributed by atoms with Crippen LogP contribution in [0.1, 0.15) is 34.6 Å². The predicted molar refractivity (Wildman–Crippen MR) is 74.8 cm³/mol. The molecule has 4 atom stereocenters. The number of aliphatic hydroxyl groups is 1. The van der Waals surface area contributed by atoms with E-state index >= 15 is 0 Å². The number of β-lactam (4-membered cyclic amide) rings is 1. The van der Waals surface area contributed by atoms with Crippen LogP contribution in [0.25, 0.3) is 0 Å². The zero-order valence-electron chi connectivity index (χ0n) is 12.6. The lowest BCUT2D eigenvalue weighted by molar-refractivity contribution is -0.144. The Bertz CT molecular complexity index is 323. The van der Waals surface area contributed by atoms with Gasteiger partial charge in [-0.3, -0.25) is 4.79 Å². The van der Waals surface area contributed by atoms with Crippen LogP contribution < -0.4 is 5.32 Å². The number of hydrogen-bond acceptors (Lipinski definition) is 3. The number of amides is 1. The van der Waals surface area contributed by atoms with Gasteiger partial charge in [-0.15, -0.1) is 0 Å². The standard InChI is InChI=1S/C13H27NO3Si/c1-8(15)11-10(12(16)14-11)9(2)17-18(6,7)13(3,4)5/h8-11,15H,1-7H3,(H,14,16)/t8-,9+,10+,11+/m0/s1. The highest BCUT2D eigenvalue weighted by molar-refractivity contribution is 6.74. The molecule has 0 aromatic carbocycles. The summed E-state index contributed by atoms with van der Waals surface area (Å²) in [6.45, 7) is 14.5. The molecule has 2 N–H and O–H groups in total. The van der Waals surface area contributed by atoms with Crippen LogP contribution in [-0.4, -0.2) is 37.6 Å². The smallest absolute Gasteiger partial charge is 0.228 e. The first-order chi connectivity index (χ1) is 7.97. The number of rotatable bonds is 4. The molecule has 5 heteroatoms. The average molecular weight is 273 g/mol. The second kappa shape index (κ2) is 4.94.